The van der Waals surface area contributed by atoms with Crippen molar-refractivity contribution in [1.29, 1.82) is 0 Å². The lowest BCUT2D eigenvalue weighted by Crippen LogP contribution is -2.22. The maximum Gasteiger partial charge on any atom is 0.251 e. The Hall–Kier alpha value is -2.43. The Bertz CT molecular complexity index is 590. The summed E-state index contributed by atoms with van der Waals surface area (Å²) in [6.07, 6.45) is 3.85. The second kappa shape index (κ2) is 5.48. The van der Waals surface area contributed by atoms with Gasteiger partial charge in [0.1, 0.15) is 0 Å². The summed E-state index contributed by atoms with van der Waals surface area (Å²) < 4.78 is 6.84. The summed E-state index contributed by atoms with van der Waals surface area (Å²) in [6.45, 7) is 0.451. The van der Waals surface area contributed by atoms with Crippen molar-refractivity contribution < 1.29 is 14.6 Å². The number of ether oxygens (including phenoxy) is 1. The van der Waals surface area contributed by atoms with Gasteiger partial charge in [-0.05, 0) is 29.8 Å². The number of carbonyl (C=O) groups excluding carboxylic acids is 1. The molecule has 0 bridgehead atoms. The number of phenols is 1. The van der Waals surface area contributed by atoms with Crippen molar-refractivity contribution in [3.8, 4) is 11.5 Å². The first-order valence-electron chi connectivity index (χ1n) is 5.86. The number of aryl methyl sites for hydroxylation is 1. The van der Waals surface area contributed by atoms with Gasteiger partial charge in [0.2, 0.25) is 0 Å². The Kier molecular flexibility index (Phi) is 3.75. The number of carbonyl (C=O) groups is 1. The lowest BCUT2D eigenvalue weighted by atomic mass is 10.2. The quantitative estimate of drug-likeness (QED) is 0.879. The Morgan fingerprint density at radius 3 is 2.79 bits per heavy atom. The van der Waals surface area contributed by atoms with Gasteiger partial charge in [0.05, 0.1) is 7.11 Å². The lowest BCUT2D eigenvalue weighted by Gasteiger charge is -2.07. The molecule has 1 aromatic carbocycles. The zero-order chi connectivity index (χ0) is 13.8. The van der Waals surface area contributed by atoms with Crippen LogP contribution in [-0.2, 0) is 13.6 Å². The molecule has 2 N–H and O–H groups in total. The molecule has 100 valence electrons. The third-order valence-electron chi connectivity index (χ3n) is 2.79. The fourth-order valence-electron chi connectivity index (χ4n) is 1.78. The number of hydrogen-bond acceptors (Lipinski definition) is 3. The SMILES string of the molecule is COc1ccc(C(=O)NCc2ccn(C)c2)cc1O. The highest BCUT2D eigenvalue weighted by atomic mass is 16.5. The van der Waals surface area contributed by atoms with Crippen LogP contribution in [0.4, 0.5) is 0 Å². The molecule has 0 radical (unpaired) electrons. The van der Waals surface area contributed by atoms with Crippen LogP contribution in [0.5, 0.6) is 11.5 Å². The van der Waals surface area contributed by atoms with Crippen molar-refractivity contribution in [2.24, 2.45) is 7.05 Å². The summed E-state index contributed by atoms with van der Waals surface area (Å²) in [7, 11) is 3.39. The van der Waals surface area contributed by atoms with Crippen LogP contribution in [0.2, 0.25) is 0 Å². The maximum absolute atomic E-state index is 11.9. The molecule has 5 heteroatoms. The fraction of sp³-hybridized carbons (Fsp3) is 0.214. The molecule has 0 aliphatic heterocycles. The molecule has 0 spiro atoms. The number of methoxy groups -OCH3 is 1. The Balaban J connectivity index is 2.01. The van der Waals surface area contributed by atoms with E-state index in [4.69, 9.17) is 4.74 Å². The zero-order valence-corrected chi connectivity index (χ0v) is 10.9. The van der Waals surface area contributed by atoms with Crippen LogP contribution in [0.25, 0.3) is 0 Å². The van der Waals surface area contributed by atoms with Gasteiger partial charge in [-0.2, -0.15) is 0 Å². The van der Waals surface area contributed by atoms with Gasteiger partial charge in [0.25, 0.3) is 5.91 Å². The highest BCUT2D eigenvalue weighted by Gasteiger charge is 2.09. The van der Waals surface area contributed by atoms with E-state index in [1.807, 2.05) is 30.1 Å². The van der Waals surface area contributed by atoms with E-state index in [9.17, 15) is 9.90 Å². The number of aromatic hydroxyl groups is 1. The minimum atomic E-state index is -0.234. The van der Waals surface area contributed by atoms with Gasteiger partial charge >= 0.3 is 0 Å². The molecule has 2 rings (SSSR count). The van der Waals surface area contributed by atoms with Crippen LogP contribution in [0.1, 0.15) is 15.9 Å². The molecule has 5 nitrogen and oxygen atoms in total. The standard InChI is InChI=1S/C14H16N2O3/c1-16-6-5-10(9-16)8-15-14(18)11-3-4-13(19-2)12(17)7-11/h3-7,9,17H,8H2,1-2H3,(H,15,18). The van der Waals surface area contributed by atoms with Gasteiger partial charge in [-0.25, -0.2) is 0 Å². The largest absolute Gasteiger partial charge is 0.504 e. The molecule has 0 fully saturated rings. The highest BCUT2D eigenvalue weighted by Crippen LogP contribution is 2.26. The molecule has 0 unspecified atom stereocenters. The van der Waals surface area contributed by atoms with Crippen LogP contribution >= 0.6 is 0 Å². The van der Waals surface area contributed by atoms with E-state index in [0.29, 0.717) is 17.9 Å². The van der Waals surface area contributed by atoms with Crippen LogP contribution in [0.3, 0.4) is 0 Å². The fourth-order valence-corrected chi connectivity index (χ4v) is 1.78. The average molecular weight is 260 g/mol. The van der Waals surface area contributed by atoms with Gasteiger partial charge in [-0.15, -0.1) is 0 Å². The Labute approximate surface area is 111 Å². The van der Waals surface area contributed by atoms with E-state index in [-0.39, 0.29) is 11.7 Å². The number of hydrogen-bond donors (Lipinski definition) is 2. The predicted octanol–water partition coefficient (Wildman–Crippen LogP) is 1.67. The smallest absolute Gasteiger partial charge is 0.251 e. The van der Waals surface area contributed by atoms with Crippen molar-refractivity contribution in [1.82, 2.24) is 9.88 Å². The van der Waals surface area contributed by atoms with Crippen molar-refractivity contribution in [2.75, 3.05) is 7.11 Å². The molecular formula is C14H16N2O3. The van der Waals surface area contributed by atoms with Gasteiger partial charge in [-0.1, -0.05) is 0 Å². The summed E-state index contributed by atoms with van der Waals surface area (Å²) >= 11 is 0. The molecule has 0 saturated heterocycles. The number of benzene rings is 1. The molecule has 19 heavy (non-hydrogen) atoms. The number of rotatable bonds is 4. The van der Waals surface area contributed by atoms with Gasteiger partial charge in [0, 0.05) is 31.5 Å². The van der Waals surface area contributed by atoms with E-state index >= 15 is 0 Å². The molecule has 1 amide bonds. The Morgan fingerprint density at radius 2 is 2.21 bits per heavy atom. The minimum Gasteiger partial charge on any atom is -0.504 e. The molecule has 2 aromatic rings. The monoisotopic (exact) mass is 260 g/mol. The third kappa shape index (κ3) is 3.07. The van der Waals surface area contributed by atoms with Gasteiger partial charge in [-0.3, -0.25) is 4.79 Å². The lowest BCUT2D eigenvalue weighted by molar-refractivity contribution is 0.0950. The van der Waals surface area contributed by atoms with Crippen molar-refractivity contribution in [3.05, 3.63) is 47.8 Å². The second-order valence-corrected chi connectivity index (χ2v) is 4.25. The number of nitrogens with zero attached hydrogens (tertiary/aromatic N) is 1. The molecule has 0 atom stereocenters. The molecular weight excluding hydrogens is 244 g/mol. The van der Waals surface area contributed by atoms with Gasteiger partial charge < -0.3 is 19.7 Å². The van der Waals surface area contributed by atoms with E-state index in [0.717, 1.165) is 5.56 Å². The topological polar surface area (TPSA) is 63.5 Å². The molecule has 1 heterocycles. The normalized spacial score (nSPS) is 10.2. The number of phenolic OH excluding ortho intramolecular Hbond substituents is 1. The van der Waals surface area contributed by atoms with E-state index in [1.54, 1.807) is 12.1 Å². The second-order valence-electron chi connectivity index (χ2n) is 4.25. The van der Waals surface area contributed by atoms with Crippen molar-refractivity contribution in [3.63, 3.8) is 0 Å². The van der Waals surface area contributed by atoms with E-state index in [2.05, 4.69) is 5.32 Å². The van der Waals surface area contributed by atoms with E-state index in [1.165, 1.54) is 13.2 Å². The number of aromatic nitrogens is 1. The Morgan fingerprint density at radius 1 is 1.42 bits per heavy atom. The average Bonchev–Trinajstić information content (AvgIpc) is 2.81. The highest BCUT2D eigenvalue weighted by molar-refractivity contribution is 5.94. The summed E-state index contributed by atoms with van der Waals surface area (Å²) in [5.74, 6) is 0.0660. The van der Waals surface area contributed by atoms with E-state index < -0.39 is 0 Å². The first-order valence-corrected chi connectivity index (χ1v) is 5.86. The third-order valence-corrected chi connectivity index (χ3v) is 2.79. The molecule has 0 aliphatic rings. The van der Waals surface area contributed by atoms with Crippen LogP contribution in [0.15, 0.2) is 36.7 Å². The first kappa shape index (κ1) is 13.0. The summed E-state index contributed by atoms with van der Waals surface area (Å²) in [6, 6.07) is 6.50. The molecule has 1 aromatic heterocycles. The van der Waals surface area contributed by atoms with Crippen LogP contribution in [0, 0.1) is 0 Å². The minimum absolute atomic E-state index is 0.0464. The predicted molar refractivity (Wildman–Crippen MR) is 71.2 cm³/mol. The van der Waals surface area contributed by atoms with Crippen LogP contribution in [-0.4, -0.2) is 22.7 Å². The number of amides is 1. The van der Waals surface area contributed by atoms with Gasteiger partial charge in [0.15, 0.2) is 11.5 Å². The van der Waals surface area contributed by atoms with Crippen LogP contribution < -0.4 is 10.1 Å². The van der Waals surface area contributed by atoms with Crippen molar-refractivity contribution >= 4 is 5.91 Å². The molecule has 0 saturated carbocycles. The zero-order valence-electron chi connectivity index (χ0n) is 10.9. The maximum atomic E-state index is 11.9. The molecule has 0 aliphatic carbocycles. The van der Waals surface area contributed by atoms with Crippen molar-refractivity contribution in [2.45, 2.75) is 6.54 Å². The number of nitrogens with one attached hydrogen (secondary N) is 1. The summed E-state index contributed by atoms with van der Waals surface area (Å²) in [5, 5.41) is 12.4. The summed E-state index contributed by atoms with van der Waals surface area (Å²) in [4.78, 5) is 11.9. The summed E-state index contributed by atoms with van der Waals surface area (Å²) in [5.41, 5.74) is 1.42. The first-order chi connectivity index (χ1) is 9.10.